The van der Waals surface area contributed by atoms with E-state index in [9.17, 15) is 5.11 Å². The van der Waals surface area contributed by atoms with E-state index in [2.05, 4.69) is 34.1 Å². The predicted molar refractivity (Wildman–Crippen MR) is 65.8 cm³/mol. The summed E-state index contributed by atoms with van der Waals surface area (Å²) in [5, 5.41) is 9.67. The second kappa shape index (κ2) is 4.26. The molecule has 2 rings (SSSR count). The highest BCUT2D eigenvalue weighted by molar-refractivity contribution is 9.10. The molecule has 0 aliphatic heterocycles. The lowest BCUT2D eigenvalue weighted by Gasteiger charge is -2.18. The molecule has 1 aromatic carbocycles. The molecule has 0 spiro atoms. The zero-order valence-corrected chi connectivity index (χ0v) is 10.6. The molecule has 1 atom stereocenters. The Bertz CT molecular complexity index is 342. The van der Waals surface area contributed by atoms with Gasteiger partial charge in [0, 0.05) is 4.47 Å². The summed E-state index contributed by atoms with van der Waals surface area (Å²) >= 11 is 3.48. The molecule has 0 radical (unpaired) electrons. The first-order valence-corrected chi connectivity index (χ1v) is 6.34. The van der Waals surface area contributed by atoms with E-state index in [1.807, 2.05) is 13.0 Å². The highest BCUT2D eigenvalue weighted by Crippen LogP contribution is 2.52. The summed E-state index contributed by atoms with van der Waals surface area (Å²) in [4.78, 5) is 0. The van der Waals surface area contributed by atoms with Crippen LogP contribution in [-0.4, -0.2) is 11.2 Å². The van der Waals surface area contributed by atoms with Gasteiger partial charge in [-0.15, -0.1) is 0 Å². The molecule has 1 saturated carbocycles. The monoisotopic (exact) mass is 268 g/mol. The topological polar surface area (TPSA) is 20.2 Å². The summed E-state index contributed by atoms with van der Waals surface area (Å²) in [6, 6.07) is 8.44. The number of rotatable bonds is 4. The molecule has 1 unspecified atom stereocenters. The SMILES string of the molecule is CC(O)C1(CCc2cccc(Br)c2)CC1. The fourth-order valence-electron chi connectivity index (χ4n) is 2.12. The van der Waals surface area contributed by atoms with Crippen LogP contribution >= 0.6 is 15.9 Å². The number of aliphatic hydroxyl groups excluding tert-OH is 1. The maximum atomic E-state index is 9.67. The van der Waals surface area contributed by atoms with Gasteiger partial charge in [0.05, 0.1) is 6.10 Å². The summed E-state index contributed by atoms with van der Waals surface area (Å²) in [5.41, 5.74) is 1.60. The molecule has 15 heavy (non-hydrogen) atoms. The summed E-state index contributed by atoms with van der Waals surface area (Å²) in [5.74, 6) is 0. The van der Waals surface area contributed by atoms with Crippen LogP contribution < -0.4 is 0 Å². The van der Waals surface area contributed by atoms with E-state index in [1.54, 1.807) is 0 Å². The van der Waals surface area contributed by atoms with E-state index in [-0.39, 0.29) is 11.5 Å². The van der Waals surface area contributed by atoms with Crippen LogP contribution in [0.4, 0.5) is 0 Å². The Labute approximate surface area is 99.6 Å². The van der Waals surface area contributed by atoms with Gasteiger partial charge in [-0.3, -0.25) is 0 Å². The Kier molecular flexibility index (Phi) is 3.17. The lowest BCUT2D eigenvalue weighted by Crippen LogP contribution is -2.18. The van der Waals surface area contributed by atoms with Gasteiger partial charge >= 0.3 is 0 Å². The maximum Gasteiger partial charge on any atom is 0.0568 e. The molecular formula is C13H17BrO. The molecule has 1 aromatic rings. The quantitative estimate of drug-likeness (QED) is 0.886. The van der Waals surface area contributed by atoms with Gasteiger partial charge in [0.1, 0.15) is 0 Å². The van der Waals surface area contributed by atoms with Crippen LogP contribution in [0, 0.1) is 5.41 Å². The van der Waals surface area contributed by atoms with Crippen LogP contribution in [0.1, 0.15) is 31.7 Å². The molecule has 0 aromatic heterocycles. The summed E-state index contributed by atoms with van der Waals surface area (Å²) in [7, 11) is 0. The number of aliphatic hydroxyl groups is 1. The van der Waals surface area contributed by atoms with Crippen LogP contribution in [0.2, 0.25) is 0 Å². The molecular weight excluding hydrogens is 252 g/mol. The van der Waals surface area contributed by atoms with Gasteiger partial charge in [0.15, 0.2) is 0 Å². The van der Waals surface area contributed by atoms with Gasteiger partial charge in [-0.2, -0.15) is 0 Å². The number of hydrogen-bond donors (Lipinski definition) is 1. The third-order valence-electron chi connectivity index (χ3n) is 3.58. The molecule has 0 saturated heterocycles. The summed E-state index contributed by atoms with van der Waals surface area (Å²) < 4.78 is 1.14. The molecule has 0 heterocycles. The molecule has 0 bridgehead atoms. The molecule has 1 aliphatic rings. The van der Waals surface area contributed by atoms with Gasteiger partial charge < -0.3 is 5.11 Å². The van der Waals surface area contributed by atoms with Crippen molar-refractivity contribution in [2.45, 2.75) is 38.7 Å². The Morgan fingerprint density at radius 3 is 2.73 bits per heavy atom. The minimum Gasteiger partial charge on any atom is -0.393 e. The molecule has 82 valence electrons. The zero-order valence-electron chi connectivity index (χ0n) is 9.04. The van der Waals surface area contributed by atoms with Crippen molar-refractivity contribution in [1.82, 2.24) is 0 Å². The van der Waals surface area contributed by atoms with E-state index in [1.165, 1.54) is 18.4 Å². The first-order valence-electron chi connectivity index (χ1n) is 5.55. The minimum atomic E-state index is -0.148. The average molecular weight is 269 g/mol. The Morgan fingerprint density at radius 2 is 2.20 bits per heavy atom. The lowest BCUT2D eigenvalue weighted by molar-refractivity contribution is 0.105. The van der Waals surface area contributed by atoms with Crippen LogP contribution in [-0.2, 0) is 6.42 Å². The number of hydrogen-bond acceptors (Lipinski definition) is 1. The molecule has 0 amide bonds. The van der Waals surface area contributed by atoms with E-state index < -0.39 is 0 Å². The normalized spacial score (nSPS) is 19.9. The van der Waals surface area contributed by atoms with Crippen molar-refractivity contribution < 1.29 is 5.11 Å². The van der Waals surface area contributed by atoms with E-state index in [0.29, 0.717) is 0 Å². The van der Waals surface area contributed by atoms with Gasteiger partial charge in [-0.25, -0.2) is 0 Å². The first kappa shape index (κ1) is 11.2. The number of aryl methyl sites for hydroxylation is 1. The zero-order chi connectivity index (χ0) is 10.9. The largest absolute Gasteiger partial charge is 0.393 e. The lowest BCUT2D eigenvalue weighted by atomic mass is 9.92. The third kappa shape index (κ3) is 2.61. The van der Waals surface area contributed by atoms with Crippen molar-refractivity contribution in [2.24, 2.45) is 5.41 Å². The van der Waals surface area contributed by atoms with Crippen molar-refractivity contribution in [1.29, 1.82) is 0 Å². The van der Waals surface area contributed by atoms with Crippen molar-refractivity contribution >= 4 is 15.9 Å². The fraction of sp³-hybridized carbons (Fsp3) is 0.538. The minimum absolute atomic E-state index is 0.148. The van der Waals surface area contributed by atoms with Gasteiger partial charge in [-0.05, 0) is 55.7 Å². The summed E-state index contributed by atoms with van der Waals surface area (Å²) in [6.45, 7) is 1.92. The van der Waals surface area contributed by atoms with E-state index >= 15 is 0 Å². The molecule has 1 N–H and O–H groups in total. The maximum absolute atomic E-state index is 9.67. The van der Waals surface area contributed by atoms with Crippen LogP contribution in [0.15, 0.2) is 28.7 Å². The third-order valence-corrected chi connectivity index (χ3v) is 4.07. The highest BCUT2D eigenvalue weighted by Gasteiger charge is 2.45. The van der Waals surface area contributed by atoms with E-state index in [4.69, 9.17) is 0 Å². The molecule has 2 heteroatoms. The average Bonchev–Trinajstić information content (AvgIpc) is 2.96. The van der Waals surface area contributed by atoms with Gasteiger partial charge in [0.25, 0.3) is 0 Å². The fourth-order valence-corrected chi connectivity index (χ4v) is 2.57. The van der Waals surface area contributed by atoms with Gasteiger partial charge in [-0.1, -0.05) is 28.1 Å². The van der Waals surface area contributed by atoms with Crippen molar-refractivity contribution in [3.63, 3.8) is 0 Å². The Morgan fingerprint density at radius 1 is 1.47 bits per heavy atom. The summed E-state index contributed by atoms with van der Waals surface area (Å²) in [6.07, 6.45) is 4.42. The first-order chi connectivity index (χ1) is 7.12. The Hall–Kier alpha value is -0.340. The van der Waals surface area contributed by atoms with Crippen LogP contribution in [0.25, 0.3) is 0 Å². The van der Waals surface area contributed by atoms with Crippen LogP contribution in [0.3, 0.4) is 0 Å². The second-order valence-corrected chi connectivity index (χ2v) is 5.58. The van der Waals surface area contributed by atoms with Crippen molar-refractivity contribution in [3.8, 4) is 0 Å². The van der Waals surface area contributed by atoms with Gasteiger partial charge in [0.2, 0.25) is 0 Å². The van der Waals surface area contributed by atoms with Crippen molar-refractivity contribution in [3.05, 3.63) is 34.3 Å². The van der Waals surface area contributed by atoms with Crippen LogP contribution in [0.5, 0.6) is 0 Å². The molecule has 1 fully saturated rings. The second-order valence-electron chi connectivity index (χ2n) is 4.67. The number of benzene rings is 1. The highest BCUT2D eigenvalue weighted by atomic mass is 79.9. The van der Waals surface area contributed by atoms with E-state index in [0.717, 1.165) is 17.3 Å². The van der Waals surface area contributed by atoms with Crippen molar-refractivity contribution in [2.75, 3.05) is 0 Å². The molecule has 1 nitrogen and oxygen atoms in total. The smallest absolute Gasteiger partial charge is 0.0568 e. The number of halogens is 1. The molecule has 1 aliphatic carbocycles. The standard InChI is InChI=1S/C13H17BrO/c1-10(15)13(7-8-13)6-5-11-3-2-4-12(14)9-11/h2-4,9-10,15H,5-8H2,1H3. The Balaban J connectivity index is 1.94. The predicted octanol–water partition coefficient (Wildman–Crippen LogP) is 3.54.